The monoisotopic (exact) mass is 238 g/mol. The van der Waals surface area contributed by atoms with E-state index >= 15 is 0 Å². The van der Waals surface area contributed by atoms with E-state index in [4.69, 9.17) is 5.73 Å². The van der Waals surface area contributed by atoms with Gasteiger partial charge in [-0.2, -0.15) is 5.10 Å². The molecular formula is C12H22N4O. The molecule has 1 rings (SSSR count). The first kappa shape index (κ1) is 13.7. The standard InChI is InChI=1S/C12H22N4O/c1-9(2)16-11(6-7-14-16)15-12(17)5-4-10(3)8-13/h6-7,9-10H,4-5,8,13H2,1-3H3,(H,15,17). The second-order valence-electron chi connectivity index (χ2n) is 4.68. The van der Waals surface area contributed by atoms with Crippen LogP contribution in [-0.2, 0) is 4.79 Å². The quantitative estimate of drug-likeness (QED) is 0.793. The van der Waals surface area contributed by atoms with Crippen molar-refractivity contribution in [1.82, 2.24) is 9.78 Å². The topological polar surface area (TPSA) is 72.9 Å². The smallest absolute Gasteiger partial charge is 0.225 e. The molecule has 5 heteroatoms. The molecule has 1 aromatic rings. The van der Waals surface area contributed by atoms with E-state index in [9.17, 15) is 4.79 Å². The van der Waals surface area contributed by atoms with Crippen LogP contribution < -0.4 is 11.1 Å². The first-order valence-electron chi connectivity index (χ1n) is 6.08. The van der Waals surface area contributed by atoms with Crippen molar-refractivity contribution in [2.24, 2.45) is 11.7 Å². The average molecular weight is 238 g/mol. The van der Waals surface area contributed by atoms with Crippen LogP contribution in [0.2, 0.25) is 0 Å². The molecule has 0 aromatic carbocycles. The molecule has 3 N–H and O–H groups in total. The molecule has 0 saturated heterocycles. The van der Waals surface area contributed by atoms with Crippen molar-refractivity contribution in [3.05, 3.63) is 12.3 Å². The molecule has 17 heavy (non-hydrogen) atoms. The number of carbonyl (C=O) groups excluding carboxylic acids is 1. The van der Waals surface area contributed by atoms with Gasteiger partial charge in [0.1, 0.15) is 5.82 Å². The molecule has 5 nitrogen and oxygen atoms in total. The third kappa shape index (κ3) is 4.19. The first-order chi connectivity index (χ1) is 8.04. The van der Waals surface area contributed by atoms with Crippen LogP contribution in [-0.4, -0.2) is 22.2 Å². The largest absolute Gasteiger partial charge is 0.330 e. The minimum Gasteiger partial charge on any atom is -0.330 e. The van der Waals surface area contributed by atoms with Gasteiger partial charge in [-0.25, -0.2) is 4.68 Å². The zero-order valence-electron chi connectivity index (χ0n) is 10.8. The Kier molecular flexibility index (Phi) is 5.15. The molecule has 1 heterocycles. The second-order valence-corrected chi connectivity index (χ2v) is 4.68. The maximum Gasteiger partial charge on any atom is 0.225 e. The zero-order chi connectivity index (χ0) is 12.8. The number of hydrogen-bond donors (Lipinski definition) is 2. The van der Waals surface area contributed by atoms with Crippen molar-refractivity contribution in [1.29, 1.82) is 0 Å². The van der Waals surface area contributed by atoms with Gasteiger partial charge >= 0.3 is 0 Å². The fourth-order valence-electron chi connectivity index (χ4n) is 1.53. The van der Waals surface area contributed by atoms with Crippen LogP contribution in [0.5, 0.6) is 0 Å². The molecule has 96 valence electrons. The summed E-state index contributed by atoms with van der Waals surface area (Å²) in [4.78, 5) is 11.7. The minimum absolute atomic E-state index is 0.0210. The van der Waals surface area contributed by atoms with Crippen molar-refractivity contribution < 1.29 is 4.79 Å². The lowest BCUT2D eigenvalue weighted by Crippen LogP contribution is -2.18. The third-order valence-corrected chi connectivity index (χ3v) is 2.69. The summed E-state index contributed by atoms with van der Waals surface area (Å²) in [5.74, 6) is 1.16. The van der Waals surface area contributed by atoms with E-state index in [0.717, 1.165) is 12.2 Å². The lowest BCUT2D eigenvalue weighted by molar-refractivity contribution is -0.116. The number of hydrogen-bond acceptors (Lipinski definition) is 3. The summed E-state index contributed by atoms with van der Waals surface area (Å²) in [7, 11) is 0. The SMILES string of the molecule is CC(CN)CCC(=O)Nc1ccnn1C(C)C. The van der Waals surface area contributed by atoms with Gasteiger partial charge in [-0.3, -0.25) is 4.79 Å². The number of aromatic nitrogens is 2. The highest BCUT2D eigenvalue weighted by molar-refractivity contribution is 5.89. The highest BCUT2D eigenvalue weighted by atomic mass is 16.1. The van der Waals surface area contributed by atoms with Crippen LogP contribution in [0.15, 0.2) is 12.3 Å². The fourth-order valence-corrected chi connectivity index (χ4v) is 1.53. The molecule has 1 unspecified atom stereocenters. The Morgan fingerprint density at radius 2 is 2.24 bits per heavy atom. The Labute approximate surface area is 102 Å². The Morgan fingerprint density at radius 1 is 1.53 bits per heavy atom. The third-order valence-electron chi connectivity index (χ3n) is 2.69. The molecule has 0 bridgehead atoms. The van der Waals surface area contributed by atoms with E-state index in [-0.39, 0.29) is 11.9 Å². The van der Waals surface area contributed by atoms with Gasteiger partial charge in [-0.15, -0.1) is 0 Å². The molecule has 0 aliphatic rings. The summed E-state index contributed by atoms with van der Waals surface area (Å²) >= 11 is 0. The lowest BCUT2D eigenvalue weighted by atomic mass is 10.1. The van der Waals surface area contributed by atoms with Gasteiger partial charge in [0.15, 0.2) is 0 Å². The Balaban J connectivity index is 2.48. The summed E-state index contributed by atoms with van der Waals surface area (Å²) in [6.07, 6.45) is 3.01. The minimum atomic E-state index is 0.0210. The highest BCUT2D eigenvalue weighted by Crippen LogP contribution is 2.14. The molecule has 1 atom stereocenters. The lowest BCUT2D eigenvalue weighted by Gasteiger charge is -2.12. The molecule has 0 aliphatic heterocycles. The van der Waals surface area contributed by atoms with Gasteiger partial charge in [-0.1, -0.05) is 6.92 Å². The Hall–Kier alpha value is -1.36. The van der Waals surface area contributed by atoms with Crippen molar-refractivity contribution in [3.8, 4) is 0 Å². The van der Waals surface area contributed by atoms with E-state index in [1.165, 1.54) is 0 Å². The van der Waals surface area contributed by atoms with Gasteiger partial charge in [-0.05, 0) is 32.7 Å². The molecule has 1 aromatic heterocycles. The summed E-state index contributed by atoms with van der Waals surface area (Å²) in [6, 6.07) is 2.05. The van der Waals surface area contributed by atoms with E-state index < -0.39 is 0 Å². The van der Waals surface area contributed by atoms with Crippen LogP contribution in [0.25, 0.3) is 0 Å². The van der Waals surface area contributed by atoms with Crippen molar-refractivity contribution >= 4 is 11.7 Å². The highest BCUT2D eigenvalue weighted by Gasteiger charge is 2.10. The number of anilines is 1. The fraction of sp³-hybridized carbons (Fsp3) is 0.667. The summed E-state index contributed by atoms with van der Waals surface area (Å²) in [5, 5.41) is 7.03. The van der Waals surface area contributed by atoms with Gasteiger partial charge in [0.2, 0.25) is 5.91 Å². The van der Waals surface area contributed by atoms with E-state index in [2.05, 4.69) is 10.4 Å². The average Bonchev–Trinajstić information content (AvgIpc) is 2.74. The normalized spacial score (nSPS) is 12.8. The van der Waals surface area contributed by atoms with Crippen LogP contribution in [0, 0.1) is 5.92 Å². The maximum absolute atomic E-state index is 11.7. The first-order valence-corrected chi connectivity index (χ1v) is 6.08. The van der Waals surface area contributed by atoms with Gasteiger partial charge in [0, 0.05) is 18.5 Å². The van der Waals surface area contributed by atoms with Crippen LogP contribution in [0.1, 0.15) is 39.7 Å². The summed E-state index contributed by atoms with van der Waals surface area (Å²) in [6.45, 7) is 6.72. The molecule has 0 aliphatic carbocycles. The van der Waals surface area contributed by atoms with Crippen LogP contribution >= 0.6 is 0 Å². The predicted octanol–water partition coefficient (Wildman–Crippen LogP) is 1.78. The number of nitrogens with one attached hydrogen (secondary N) is 1. The number of amides is 1. The number of nitrogens with two attached hydrogens (primary N) is 1. The van der Waals surface area contributed by atoms with E-state index in [1.807, 2.05) is 26.8 Å². The van der Waals surface area contributed by atoms with E-state index in [0.29, 0.717) is 18.9 Å². The molecule has 0 radical (unpaired) electrons. The Morgan fingerprint density at radius 3 is 2.82 bits per heavy atom. The number of nitrogens with zero attached hydrogens (tertiary/aromatic N) is 2. The van der Waals surface area contributed by atoms with Gasteiger partial charge < -0.3 is 11.1 Å². The molecule has 0 spiro atoms. The van der Waals surface area contributed by atoms with Crippen molar-refractivity contribution in [2.75, 3.05) is 11.9 Å². The molecule has 0 saturated carbocycles. The summed E-state index contributed by atoms with van der Waals surface area (Å²) in [5.41, 5.74) is 5.51. The molecule has 1 amide bonds. The zero-order valence-corrected chi connectivity index (χ0v) is 10.8. The molecule has 0 fully saturated rings. The predicted molar refractivity (Wildman–Crippen MR) is 68.7 cm³/mol. The Bertz CT molecular complexity index is 359. The molecular weight excluding hydrogens is 216 g/mol. The second kappa shape index (κ2) is 6.39. The van der Waals surface area contributed by atoms with Crippen molar-refractivity contribution in [2.45, 2.75) is 39.7 Å². The maximum atomic E-state index is 11.7. The number of rotatable bonds is 6. The summed E-state index contributed by atoms with van der Waals surface area (Å²) < 4.78 is 1.80. The van der Waals surface area contributed by atoms with Crippen LogP contribution in [0.4, 0.5) is 5.82 Å². The van der Waals surface area contributed by atoms with Crippen LogP contribution in [0.3, 0.4) is 0 Å². The number of carbonyl (C=O) groups is 1. The van der Waals surface area contributed by atoms with E-state index in [1.54, 1.807) is 10.9 Å². The van der Waals surface area contributed by atoms with Gasteiger partial charge in [0.25, 0.3) is 0 Å². The van der Waals surface area contributed by atoms with Gasteiger partial charge in [0.05, 0.1) is 6.20 Å². The van der Waals surface area contributed by atoms with Crippen molar-refractivity contribution in [3.63, 3.8) is 0 Å².